The van der Waals surface area contributed by atoms with Crippen LogP contribution < -0.4 is 5.32 Å². The quantitative estimate of drug-likeness (QED) is 0.901. The highest BCUT2D eigenvalue weighted by Gasteiger charge is 2.10. The molecule has 0 aliphatic heterocycles. The normalized spacial score (nSPS) is 12.7. The summed E-state index contributed by atoms with van der Waals surface area (Å²) in [4.78, 5) is 5.51. The molecule has 0 amide bonds. The van der Waals surface area contributed by atoms with Gasteiger partial charge in [-0.15, -0.1) is 11.3 Å². The van der Waals surface area contributed by atoms with Gasteiger partial charge in [-0.05, 0) is 44.7 Å². The highest BCUT2D eigenvalue weighted by Crippen LogP contribution is 2.29. The first-order valence-corrected chi connectivity index (χ1v) is 6.32. The average molecular weight is 250 g/mol. The number of thiazole rings is 1. The molecule has 1 unspecified atom stereocenters. The van der Waals surface area contributed by atoms with Crippen molar-refractivity contribution < 1.29 is 4.39 Å². The largest absolute Gasteiger partial charge is 0.312 e. The first-order valence-electron chi connectivity index (χ1n) is 5.50. The van der Waals surface area contributed by atoms with Gasteiger partial charge in [-0.3, -0.25) is 0 Å². The number of hydrogen-bond donors (Lipinski definition) is 1. The standard InChI is InChI=1S/C13H15FN2S/c1-8-4-10(6-11(14)5-8)13-16-7-12(17-13)9(2)15-3/h4-7,9,15H,1-3H3. The van der Waals surface area contributed by atoms with Crippen LogP contribution in [0.1, 0.15) is 23.4 Å². The van der Waals surface area contributed by atoms with Gasteiger partial charge in [-0.1, -0.05) is 0 Å². The predicted octanol–water partition coefficient (Wildman–Crippen LogP) is 3.54. The number of aromatic nitrogens is 1. The lowest BCUT2D eigenvalue weighted by Crippen LogP contribution is -2.10. The van der Waals surface area contributed by atoms with Crippen LogP contribution in [0, 0.1) is 12.7 Å². The molecule has 1 atom stereocenters. The molecule has 4 heteroatoms. The van der Waals surface area contributed by atoms with Crippen molar-refractivity contribution in [2.45, 2.75) is 19.9 Å². The minimum absolute atomic E-state index is 0.210. The van der Waals surface area contributed by atoms with Crippen molar-refractivity contribution in [2.75, 3.05) is 7.05 Å². The van der Waals surface area contributed by atoms with Crippen LogP contribution in [0.3, 0.4) is 0 Å². The van der Waals surface area contributed by atoms with Gasteiger partial charge < -0.3 is 5.32 Å². The van der Waals surface area contributed by atoms with Crippen LogP contribution in [0.2, 0.25) is 0 Å². The Morgan fingerprint density at radius 1 is 1.35 bits per heavy atom. The zero-order valence-corrected chi connectivity index (χ0v) is 10.9. The molecule has 0 saturated heterocycles. The summed E-state index contributed by atoms with van der Waals surface area (Å²) in [7, 11) is 1.91. The van der Waals surface area contributed by atoms with Crippen molar-refractivity contribution in [1.29, 1.82) is 0 Å². The molecule has 0 fully saturated rings. The van der Waals surface area contributed by atoms with Crippen molar-refractivity contribution in [3.05, 3.63) is 40.7 Å². The third-order valence-electron chi connectivity index (χ3n) is 2.67. The van der Waals surface area contributed by atoms with E-state index in [0.717, 1.165) is 21.0 Å². The molecule has 17 heavy (non-hydrogen) atoms. The number of rotatable bonds is 3. The highest BCUT2D eigenvalue weighted by atomic mass is 32.1. The van der Waals surface area contributed by atoms with Crippen LogP contribution in [-0.4, -0.2) is 12.0 Å². The van der Waals surface area contributed by atoms with Gasteiger partial charge in [0.1, 0.15) is 10.8 Å². The second-order valence-corrected chi connectivity index (χ2v) is 5.16. The van der Waals surface area contributed by atoms with Crippen LogP contribution in [0.4, 0.5) is 4.39 Å². The van der Waals surface area contributed by atoms with Crippen LogP contribution in [-0.2, 0) is 0 Å². The summed E-state index contributed by atoms with van der Waals surface area (Å²) in [5.41, 5.74) is 1.76. The number of benzene rings is 1. The summed E-state index contributed by atoms with van der Waals surface area (Å²) in [5, 5.41) is 4.03. The van der Waals surface area contributed by atoms with E-state index in [-0.39, 0.29) is 11.9 Å². The lowest BCUT2D eigenvalue weighted by Gasteiger charge is -2.05. The van der Waals surface area contributed by atoms with Gasteiger partial charge in [0.2, 0.25) is 0 Å². The molecule has 2 aromatic rings. The first kappa shape index (κ1) is 12.2. The van der Waals surface area contributed by atoms with Gasteiger partial charge in [0.15, 0.2) is 0 Å². The third kappa shape index (κ3) is 2.70. The Balaban J connectivity index is 2.36. The molecular weight excluding hydrogens is 235 g/mol. The number of hydrogen-bond acceptors (Lipinski definition) is 3. The fraction of sp³-hybridized carbons (Fsp3) is 0.308. The molecule has 0 spiro atoms. The smallest absolute Gasteiger partial charge is 0.124 e. The monoisotopic (exact) mass is 250 g/mol. The minimum atomic E-state index is -0.210. The Kier molecular flexibility index (Phi) is 3.54. The second-order valence-electron chi connectivity index (χ2n) is 4.10. The lowest BCUT2D eigenvalue weighted by atomic mass is 10.1. The van der Waals surface area contributed by atoms with E-state index in [4.69, 9.17) is 0 Å². The SMILES string of the molecule is CNC(C)c1cnc(-c2cc(C)cc(F)c2)s1. The molecule has 2 nitrogen and oxygen atoms in total. The van der Waals surface area contributed by atoms with E-state index in [0.29, 0.717) is 0 Å². The Morgan fingerprint density at radius 3 is 2.76 bits per heavy atom. The zero-order valence-electron chi connectivity index (χ0n) is 10.1. The van der Waals surface area contributed by atoms with E-state index in [1.807, 2.05) is 26.2 Å². The molecule has 0 bridgehead atoms. The molecule has 1 aromatic carbocycles. The molecule has 0 aliphatic carbocycles. The van der Waals surface area contributed by atoms with E-state index in [1.165, 1.54) is 12.1 Å². The molecule has 1 aromatic heterocycles. The van der Waals surface area contributed by atoms with E-state index in [1.54, 1.807) is 11.3 Å². The summed E-state index contributed by atoms with van der Waals surface area (Å²) in [6, 6.07) is 5.28. The zero-order chi connectivity index (χ0) is 12.4. The summed E-state index contributed by atoms with van der Waals surface area (Å²) in [6.45, 7) is 3.96. The van der Waals surface area contributed by atoms with Crippen molar-refractivity contribution in [3.63, 3.8) is 0 Å². The number of aryl methyl sites for hydroxylation is 1. The third-order valence-corrected chi connectivity index (χ3v) is 3.90. The number of nitrogens with one attached hydrogen (secondary N) is 1. The van der Waals surface area contributed by atoms with E-state index in [9.17, 15) is 4.39 Å². The van der Waals surface area contributed by atoms with Crippen molar-refractivity contribution >= 4 is 11.3 Å². The van der Waals surface area contributed by atoms with Gasteiger partial charge in [0.05, 0.1) is 0 Å². The first-order chi connectivity index (χ1) is 8.10. The molecule has 90 valence electrons. The topological polar surface area (TPSA) is 24.9 Å². The summed E-state index contributed by atoms with van der Waals surface area (Å²) in [6.07, 6.45) is 1.85. The second kappa shape index (κ2) is 4.94. The average Bonchev–Trinajstić information content (AvgIpc) is 2.76. The van der Waals surface area contributed by atoms with Gasteiger partial charge in [0, 0.05) is 22.7 Å². The Morgan fingerprint density at radius 2 is 2.12 bits per heavy atom. The van der Waals surface area contributed by atoms with Crippen LogP contribution >= 0.6 is 11.3 Å². The Hall–Kier alpha value is -1.26. The van der Waals surface area contributed by atoms with Gasteiger partial charge in [-0.2, -0.15) is 0 Å². The van der Waals surface area contributed by atoms with Gasteiger partial charge in [0.25, 0.3) is 0 Å². The van der Waals surface area contributed by atoms with Crippen molar-refractivity contribution in [3.8, 4) is 10.6 Å². The summed E-state index contributed by atoms with van der Waals surface area (Å²) in [5.74, 6) is -0.210. The predicted molar refractivity (Wildman–Crippen MR) is 69.7 cm³/mol. The highest BCUT2D eigenvalue weighted by molar-refractivity contribution is 7.15. The number of halogens is 1. The fourth-order valence-electron chi connectivity index (χ4n) is 1.62. The maximum Gasteiger partial charge on any atom is 0.124 e. The lowest BCUT2D eigenvalue weighted by molar-refractivity contribution is 0.627. The van der Waals surface area contributed by atoms with E-state index in [2.05, 4.69) is 17.2 Å². The van der Waals surface area contributed by atoms with E-state index >= 15 is 0 Å². The molecule has 1 heterocycles. The van der Waals surface area contributed by atoms with Crippen LogP contribution in [0.25, 0.3) is 10.6 Å². The maximum absolute atomic E-state index is 13.3. The maximum atomic E-state index is 13.3. The van der Waals surface area contributed by atoms with Crippen molar-refractivity contribution in [1.82, 2.24) is 10.3 Å². The minimum Gasteiger partial charge on any atom is -0.312 e. The van der Waals surface area contributed by atoms with Crippen molar-refractivity contribution in [2.24, 2.45) is 0 Å². The van der Waals surface area contributed by atoms with Crippen LogP contribution in [0.5, 0.6) is 0 Å². The molecule has 2 rings (SSSR count). The Labute approximate surface area is 105 Å². The number of nitrogens with zero attached hydrogens (tertiary/aromatic N) is 1. The molecule has 0 aliphatic rings. The van der Waals surface area contributed by atoms with Gasteiger partial charge in [-0.25, -0.2) is 9.37 Å². The van der Waals surface area contributed by atoms with Gasteiger partial charge >= 0.3 is 0 Å². The molecule has 0 radical (unpaired) electrons. The van der Waals surface area contributed by atoms with Crippen LogP contribution in [0.15, 0.2) is 24.4 Å². The molecule has 1 N–H and O–H groups in total. The summed E-state index contributed by atoms with van der Waals surface area (Å²) < 4.78 is 13.3. The molecule has 0 saturated carbocycles. The summed E-state index contributed by atoms with van der Waals surface area (Å²) >= 11 is 1.60. The molecular formula is C13H15FN2S. The van der Waals surface area contributed by atoms with E-state index < -0.39 is 0 Å². The fourth-order valence-corrected chi connectivity index (χ4v) is 2.59. The Bertz CT molecular complexity index is 502.